The first-order valence-electron chi connectivity index (χ1n) is 5.18. The molecule has 1 aromatic heterocycles. The van der Waals surface area contributed by atoms with Crippen molar-refractivity contribution in [1.29, 1.82) is 0 Å². The topological polar surface area (TPSA) is 29.5 Å². The molecule has 0 aliphatic rings. The fourth-order valence-electron chi connectivity index (χ4n) is 1.69. The zero-order valence-corrected chi connectivity index (χ0v) is 12.0. The Kier molecular flexibility index (Phi) is 3.86. The van der Waals surface area contributed by atoms with E-state index in [9.17, 15) is 5.11 Å². The maximum absolute atomic E-state index is 10.4. The third-order valence-electron chi connectivity index (χ3n) is 2.54. The first-order valence-corrected chi connectivity index (χ1v) is 6.85. The van der Waals surface area contributed by atoms with Crippen molar-refractivity contribution < 1.29 is 9.84 Å². The van der Waals surface area contributed by atoms with E-state index in [1.54, 1.807) is 7.11 Å². The van der Waals surface area contributed by atoms with Crippen molar-refractivity contribution in [1.82, 2.24) is 0 Å². The second-order valence-electron chi connectivity index (χ2n) is 3.82. The summed E-state index contributed by atoms with van der Waals surface area (Å²) in [7, 11) is 1.62. The predicted octanol–water partition coefficient (Wildman–Crippen LogP) is 3.91. The minimum Gasteiger partial charge on any atom is -0.496 e. The lowest BCUT2D eigenvalue weighted by atomic mass is 10.0. The standard InChI is InChI=1S/C13H13BrO2S/c1-8-3-4-11(16-2)10(5-8)13(15)12-6-9(14)7-17-12/h3-7,13,15H,1-2H3. The molecule has 2 aromatic rings. The van der Waals surface area contributed by atoms with Crippen molar-refractivity contribution in [2.45, 2.75) is 13.0 Å². The fraction of sp³-hybridized carbons (Fsp3) is 0.231. The number of methoxy groups -OCH3 is 1. The lowest BCUT2D eigenvalue weighted by Crippen LogP contribution is -2.01. The molecule has 0 saturated heterocycles. The van der Waals surface area contributed by atoms with E-state index in [1.807, 2.05) is 36.6 Å². The summed E-state index contributed by atoms with van der Waals surface area (Å²) in [6, 6.07) is 7.74. The third kappa shape index (κ3) is 2.70. The van der Waals surface area contributed by atoms with Crippen molar-refractivity contribution in [3.8, 4) is 5.75 Å². The normalized spacial score (nSPS) is 12.5. The highest BCUT2D eigenvalue weighted by molar-refractivity contribution is 9.10. The van der Waals surface area contributed by atoms with Crippen molar-refractivity contribution in [3.05, 3.63) is 50.1 Å². The molecule has 0 aliphatic heterocycles. The zero-order chi connectivity index (χ0) is 12.4. The van der Waals surface area contributed by atoms with Crippen LogP contribution in [0.5, 0.6) is 5.75 Å². The van der Waals surface area contributed by atoms with E-state index in [-0.39, 0.29) is 0 Å². The minimum absolute atomic E-state index is 0.638. The number of rotatable bonds is 3. The minimum atomic E-state index is -0.638. The van der Waals surface area contributed by atoms with Crippen LogP contribution in [0.1, 0.15) is 22.1 Å². The molecule has 1 N–H and O–H groups in total. The highest BCUT2D eigenvalue weighted by Crippen LogP contribution is 2.34. The molecule has 0 amide bonds. The number of aliphatic hydroxyl groups excluding tert-OH is 1. The maximum Gasteiger partial charge on any atom is 0.125 e. The first-order chi connectivity index (χ1) is 8.11. The van der Waals surface area contributed by atoms with Crippen LogP contribution in [0.3, 0.4) is 0 Å². The summed E-state index contributed by atoms with van der Waals surface area (Å²) in [6.45, 7) is 2.00. The monoisotopic (exact) mass is 312 g/mol. The van der Waals surface area contributed by atoms with Crippen molar-refractivity contribution in [2.75, 3.05) is 7.11 Å². The molecule has 1 heterocycles. The van der Waals surface area contributed by atoms with Crippen molar-refractivity contribution in [2.24, 2.45) is 0 Å². The van der Waals surface area contributed by atoms with Crippen LogP contribution in [0.15, 0.2) is 34.1 Å². The Bertz CT molecular complexity index is 522. The van der Waals surface area contributed by atoms with Gasteiger partial charge in [0.05, 0.1) is 7.11 Å². The number of benzene rings is 1. The second-order valence-corrected chi connectivity index (χ2v) is 5.67. The van der Waals surface area contributed by atoms with Gasteiger partial charge in [0.25, 0.3) is 0 Å². The molecule has 4 heteroatoms. The molecule has 1 aromatic carbocycles. The van der Waals surface area contributed by atoms with Crippen LogP contribution in [0.4, 0.5) is 0 Å². The zero-order valence-electron chi connectivity index (χ0n) is 9.61. The summed E-state index contributed by atoms with van der Waals surface area (Å²) in [6.07, 6.45) is -0.638. The summed E-state index contributed by atoms with van der Waals surface area (Å²) in [4.78, 5) is 0.903. The van der Waals surface area contributed by atoms with Gasteiger partial charge < -0.3 is 9.84 Å². The van der Waals surface area contributed by atoms with Crippen LogP contribution in [-0.4, -0.2) is 12.2 Å². The SMILES string of the molecule is COc1ccc(C)cc1C(O)c1cc(Br)cs1. The summed E-state index contributed by atoms with van der Waals surface area (Å²) in [5.41, 5.74) is 1.91. The van der Waals surface area contributed by atoms with Gasteiger partial charge in [-0.15, -0.1) is 11.3 Å². The first kappa shape index (κ1) is 12.6. The second kappa shape index (κ2) is 5.21. The molecule has 0 aliphatic carbocycles. The molecule has 2 nitrogen and oxygen atoms in total. The molecule has 90 valence electrons. The summed E-state index contributed by atoms with van der Waals surface area (Å²) < 4.78 is 6.27. The highest BCUT2D eigenvalue weighted by Gasteiger charge is 2.17. The third-order valence-corrected chi connectivity index (χ3v) is 4.28. The lowest BCUT2D eigenvalue weighted by Gasteiger charge is -2.14. The average molecular weight is 313 g/mol. The predicted molar refractivity (Wildman–Crippen MR) is 73.8 cm³/mol. The number of hydrogen-bond acceptors (Lipinski definition) is 3. The van der Waals surface area contributed by atoms with E-state index in [0.29, 0.717) is 5.75 Å². The number of aryl methyl sites for hydroxylation is 1. The largest absolute Gasteiger partial charge is 0.496 e. The van der Waals surface area contributed by atoms with Crippen molar-refractivity contribution >= 4 is 27.3 Å². The van der Waals surface area contributed by atoms with Gasteiger partial charge in [0.2, 0.25) is 0 Å². The van der Waals surface area contributed by atoms with Gasteiger partial charge in [0, 0.05) is 20.3 Å². The van der Waals surface area contributed by atoms with Gasteiger partial charge in [-0.05, 0) is 41.1 Å². The van der Waals surface area contributed by atoms with Crippen LogP contribution in [0.2, 0.25) is 0 Å². The molecule has 0 fully saturated rings. The van der Waals surface area contributed by atoms with E-state index in [4.69, 9.17) is 4.74 Å². The number of ether oxygens (including phenoxy) is 1. The van der Waals surface area contributed by atoms with Gasteiger partial charge in [-0.2, -0.15) is 0 Å². The molecule has 0 radical (unpaired) electrons. The van der Waals surface area contributed by atoms with Gasteiger partial charge in [-0.1, -0.05) is 11.6 Å². The average Bonchev–Trinajstić information content (AvgIpc) is 2.75. The quantitative estimate of drug-likeness (QED) is 0.931. The molecular formula is C13H13BrO2S. The molecular weight excluding hydrogens is 300 g/mol. The van der Waals surface area contributed by atoms with Crippen LogP contribution >= 0.6 is 27.3 Å². The number of halogens is 1. The van der Waals surface area contributed by atoms with Gasteiger partial charge >= 0.3 is 0 Å². The Hall–Kier alpha value is -0.840. The van der Waals surface area contributed by atoms with Gasteiger partial charge in [-0.3, -0.25) is 0 Å². The Labute approximate surface area is 113 Å². The Morgan fingerprint density at radius 1 is 1.35 bits per heavy atom. The van der Waals surface area contributed by atoms with Crippen molar-refractivity contribution in [3.63, 3.8) is 0 Å². The van der Waals surface area contributed by atoms with Crippen LogP contribution in [-0.2, 0) is 0 Å². The molecule has 17 heavy (non-hydrogen) atoms. The van der Waals surface area contributed by atoms with E-state index >= 15 is 0 Å². The number of aliphatic hydroxyl groups is 1. The van der Waals surface area contributed by atoms with Gasteiger partial charge in [-0.25, -0.2) is 0 Å². The van der Waals surface area contributed by atoms with E-state index in [1.165, 1.54) is 11.3 Å². The lowest BCUT2D eigenvalue weighted by molar-refractivity contribution is 0.218. The fourth-order valence-corrected chi connectivity index (χ4v) is 3.14. The Morgan fingerprint density at radius 2 is 2.12 bits per heavy atom. The number of thiophene rings is 1. The van der Waals surface area contributed by atoms with E-state index < -0.39 is 6.10 Å². The molecule has 0 spiro atoms. The van der Waals surface area contributed by atoms with E-state index in [0.717, 1.165) is 20.5 Å². The van der Waals surface area contributed by atoms with Crippen LogP contribution < -0.4 is 4.74 Å². The van der Waals surface area contributed by atoms with Crippen LogP contribution in [0.25, 0.3) is 0 Å². The summed E-state index contributed by atoms with van der Waals surface area (Å²) in [5.74, 6) is 0.715. The molecule has 1 atom stereocenters. The molecule has 0 saturated carbocycles. The number of hydrogen-bond donors (Lipinski definition) is 1. The molecule has 1 unspecified atom stereocenters. The highest BCUT2D eigenvalue weighted by atomic mass is 79.9. The Morgan fingerprint density at radius 3 is 2.71 bits per heavy atom. The smallest absolute Gasteiger partial charge is 0.125 e. The Balaban J connectivity index is 2.42. The maximum atomic E-state index is 10.4. The van der Waals surface area contributed by atoms with E-state index in [2.05, 4.69) is 15.9 Å². The summed E-state index contributed by atoms with van der Waals surface area (Å²) >= 11 is 4.92. The van der Waals surface area contributed by atoms with Crippen LogP contribution in [0, 0.1) is 6.92 Å². The molecule has 0 bridgehead atoms. The van der Waals surface area contributed by atoms with Gasteiger partial charge in [0.1, 0.15) is 11.9 Å². The molecule has 2 rings (SSSR count). The summed E-state index contributed by atoms with van der Waals surface area (Å²) in [5, 5.41) is 12.3. The van der Waals surface area contributed by atoms with Gasteiger partial charge in [0.15, 0.2) is 0 Å².